The lowest BCUT2D eigenvalue weighted by atomic mass is 10.2. The molecule has 1 aromatic carbocycles. The van der Waals surface area contributed by atoms with Crippen molar-refractivity contribution in [3.8, 4) is 5.69 Å². The van der Waals surface area contributed by atoms with Gasteiger partial charge in [-0.25, -0.2) is 4.68 Å². The first-order valence-corrected chi connectivity index (χ1v) is 5.97. The molecule has 2 aromatic rings. The Morgan fingerprint density at radius 3 is 2.62 bits per heavy atom. The normalized spacial score (nSPS) is 11.4. The van der Waals surface area contributed by atoms with Crippen LogP contribution < -0.4 is 5.32 Å². The summed E-state index contributed by atoms with van der Waals surface area (Å²) in [5.41, 5.74) is -0.534. The lowest BCUT2D eigenvalue weighted by Crippen LogP contribution is -2.04. The van der Waals surface area contributed by atoms with Crippen LogP contribution >= 0.6 is 0 Å². The van der Waals surface area contributed by atoms with Crippen LogP contribution in [0.25, 0.3) is 5.69 Å². The quantitative estimate of drug-likeness (QED) is 0.695. The minimum absolute atomic E-state index is 0.177. The maximum atomic E-state index is 12.6. The number of hydrogen-bond donors (Lipinski definition) is 1. The van der Waals surface area contributed by atoms with Crippen LogP contribution in [0.2, 0.25) is 0 Å². The van der Waals surface area contributed by atoms with Gasteiger partial charge in [0.15, 0.2) is 0 Å². The Balaban J connectivity index is 2.47. The molecule has 0 amide bonds. The van der Waals surface area contributed by atoms with Crippen LogP contribution in [0.1, 0.15) is 12.5 Å². The van der Waals surface area contributed by atoms with E-state index in [1.165, 1.54) is 12.1 Å². The molecule has 1 aromatic heterocycles. The van der Waals surface area contributed by atoms with Crippen molar-refractivity contribution in [1.82, 2.24) is 9.78 Å². The Morgan fingerprint density at radius 2 is 2.10 bits per heavy atom. The third-order valence-electron chi connectivity index (χ3n) is 2.67. The van der Waals surface area contributed by atoms with Crippen molar-refractivity contribution < 1.29 is 18.1 Å². The summed E-state index contributed by atoms with van der Waals surface area (Å²) in [5, 5.41) is 17.4. The molecule has 0 bridgehead atoms. The molecule has 0 aliphatic carbocycles. The average molecular weight is 300 g/mol. The zero-order valence-corrected chi connectivity index (χ0v) is 10.9. The zero-order chi connectivity index (χ0) is 15.6. The largest absolute Gasteiger partial charge is 0.419 e. The molecule has 9 heteroatoms. The third kappa shape index (κ3) is 3.30. The van der Waals surface area contributed by atoms with E-state index in [0.717, 1.165) is 16.9 Å². The highest BCUT2D eigenvalue weighted by Crippen LogP contribution is 2.30. The van der Waals surface area contributed by atoms with Crippen molar-refractivity contribution in [1.29, 1.82) is 0 Å². The lowest BCUT2D eigenvalue weighted by Gasteiger charge is -2.07. The second kappa shape index (κ2) is 5.43. The Labute approximate surface area is 117 Å². The molecule has 0 atom stereocenters. The molecular weight excluding hydrogens is 289 g/mol. The molecule has 21 heavy (non-hydrogen) atoms. The Morgan fingerprint density at radius 1 is 1.38 bits per heavy atom. The van der Waals surface area contributed by atoms with Gasteiger partial charge in [-0.3, -0.25) is 10.1 Å². The summed E-state index contributed by atoms with van der Waals surface area (Å²) in [6.07, 6.45) is -3.05. The topological polar surface area (TPSA) is 73.0 Å². The van der Waals surface area contributed by atoms with Crippen molar-refractivity contribution in [3.63, 3.8) is 0 Å². The van der Waals surface area contributed by atoms with Gasteiger partial charge in [0.1, 0.15) is 0 Å². The van der Waals surface area contributed by atoms with E-state index in [9.17, 15) is 23.3 Å². The summed E-state index contributed by atoms with van der Waals surface area (Å²) < 4.78 is 38.6. The summed E-state index contributed by atoms with van der Waals surface area (Å²) in [6.45, 7) is 2.32. The van der Waals surface area contributed by atoms with Gasteiger partial charge in [0.05, 0.1) is 22.4 Å². The van der Waals surface area contributed by atoms with E-state index in [2.05, 4.69) is 10.4 Å². The van der Waals surface area contributed by atoms with E-state index in [1.54, 1.807) is 6.92 Å². The smallest absolute Gasteiger partial charge is 0.385 e. The highest BCUT2D eigenvalue weighted by molar-refractivity contribution is 5.58. The molecule has 0 spiro atoms. The number of nitro groups is 1. The Bertz CT molecular complexity index is 667. The molecule has 0 aliphatic heterocycles. The van der Waals surface area contributed by atoms with Gasteiger partial charge in [-0.05, 0) is 13.0 Å². The fourth-order valence-electron chi connectivity index (χ4n) is 1.75. The van der Waals surface area contributed by atoms with Gasteiger partial charge in [-0.1, -0.05) is 0 Å². The number of benzene rings is 1. The fourth-order valence-corrected chi connectivity index (χ4v) is 1.75. The van der Waals surface area contributed by atoms with E-state index in [4.69, 9.17) is 0 Å². The first-order valence-electron chi connectivity index (χ1n) is 5.97. The number of hydrogen-bond acceptors (Lipinski definition) is 4. The van der Waals surface area contributed by atoms with Crippen LogP contribution in [0.15, 0.2) is 30.6 Å². The number of anilines is 1. The summed E-state index contributed by atoms with van der Waals surface area (Å²) in [5.74, 6) is 0. The number of rotatable bonds is 4. The molecule has 2 rings (SSSR count). The van der Waals surface area contributed by atoms with Crippen molar-refractivity contribution in [2.45, 2.75) is 13.1 Å². The number of alkyl halides is 3. The molecule has 0 aliphatic rings. The van der Waals surface area contributed by atoms with Gasteiger partial charge in [0.2, 0.25) is 0 Å². The Hall–Kier alpha value is -2.58. The van der Waals surface area contributed by atoms with Crippen LogP contribution in [-0.2, 0) is 6.18 Å². The highest BCUT2D eigenvalue weighted by atomic mass is 19.4. The molecule has 6 nitrogen and oxygen atoms in total. The van der Waals surface area contributed by atoms with E-state index >= 15 is 0 Å². The number of nitro benzene ring substituents is 1. The molecule has 0 saturated carbocycles. The third-order valence-corrected chi connectivity index (χ3v) is 2.67. The highest BCUT2D eigenvalue weighted by Gasteiger charge is 2.32. The summed E-state index contributed by atoms with van der Waals surface area (Å²) in [6, 6.07) is 3.96. The van der Waals surface area contributed by atoms with Gasteiger partial charge in [-0.15, -0.1) is 0 Å². The van der Waals surface area contributed by atoms with E-state index in [0.29, 0.717) is 18.4 Å². The van der Waals surface area contributed by atoms with Crippen molar-refractivity contribution in [3.05, 3.63) is 46.3 Å². The van der Waals surface area contributed by atoms with E-state index < -0.39 is 16.7 Å². The second-order valence-corrected chi connectivity index (χ2v) is 4.20. The van der Waals surface area contributed by atoms with Gasteiger partial charge < -0.3 is 5.32 Å². The number of halogens is 3. The molecule has 0 radical (unpaired) electrons. The first kappa shape index (κ1) is 14.8. The van der Waals surface area contributed by atoms with Crippen LogP contribution in [-0.4, -0.2) is 21.2 Å². The summed E-state index contributed by atoms with van der Waals surface area (Å²) >= 11 is 0. The molecule has 0 saturated heterocycles. The number of nitrogens with one attached hydrogen (secondary N) is 1. The molecule has 1 N–H and O–H groups in total. The van der Waals surface area contributed by atoms with Gasteiger partial charge in [-0.2, -0.15) is 18.3 Å². The molecule has 112 valence electrons. The van der Waals surface area contributed by atoms with Crippen LogP contribution in [0.3, 0.4) is 0 Å². The molecule has 1 heterocycles. The van der Waals surface area contributed by atoms with Crippen LogP contribution in [0.5, 0.6) is 0 Å². The predicted molar refractivity (Wildman–Crippen MR) is 69.4 cm³/mol. The van der Waals surface area contributed by atoms with Crippen molar-refractivity contribution >= 4 is 11.4 Å². The summed E-state index contributed by atoms with van der Waals surface area (Å²) in [7, 11) is 0. The molecule has 0 fully saturated rings. The second-order valence-electron chi connectivity index (χ2n) is 4.20. The number of aromatic nitrogens is 2. The maximum absolute atomic E-state index is 12.6. The number of nitrogens with zero attached hydrogens (tertiary/aromatic N) is 3. The predicted octanol–water partition coefficient (Wildman–Crippen LogP) is 3.23. The number of non-ortho nitro benzene ring substituents is 1. The first-order chi connectivity index (χ1) is 9.81. The Kier molecular flexibility index (Phi) is 3.83. The minimum Gasteiger partial charge on any atom is -0.385 e. The maximum Gasteiger partial charge on any atom is 0.419 e. The van der Waals surface area contributed by atoms with Crippen LogP contribution in [0.4, 0.5) is 24.5 Å². The van der Waals surface area contributed by atoms with Crippen molar-refractivity contribution in [2.24, 2.45) is 0 Å². The monoisotopic (exact) mass is 300 g/mol. The van der Waals surface area contributed by atoms with Crippen molar-refractivity contribution in [2.75, 3.05) is 11.9 Å². The summed E-state index contributed by atoms with van der Waals surface area (Å²) in [4.78, 5) is 10.3. The minimum atomic E-state index is -4.51. The standard InChI is InChI=1S/C12H11F3N4O2/c1-2-16-9-3-10(5-11(4-9)19(20)21)18-7-8(6-17-18)12(13,14)15/h3-7,16H,2H2,1H3. The SMILES string of the molecule is CCNc1cc(-n2cc(C(F)(F)F)cn2)cc([N+](=O)[O-])c1. The lowest BCUT2D eigenvalue weighted by molar-refractivity contribution is -0.384. The van der Waals surface area contributed by atoms with Gasteiger partial charge >= 0.3 is 6.18 Å². The van der Waals surface area contributed by atoms with Gasteiger partial charge in [0, 0.05) is 30.6 Å². The van der Waals surface area contributed by atoms with Gasteiger partial charge in [0.25, 0.3) is 5.69 Å². The van der Waals surface area contributed by atoms with E-state index in [-0.39, 0.29) is 11.4 Å². The molecule has 0 unspecified atom stereocenters. The average Bonchev–Trinajstić information content (AvgIpc) is 2.88. The van der Waals surface area contributed by atoms with E-state index in [1.807, 2.05) is 0 Å². The zero-order valence-electron chi connectivity index (χ0n) is 10.9. The van der Waals surface area contributed by atoms with Crippen LogP contribution in [0, 0.1) is 10.1 Å². The fraction of sp³-hybridized carbons (Fsp3) is 0.250. The molecular formula is C12H11F3N4O2.